The minimum Gasteiger partial charge on any atom is -0.353 e. The van der Waals surface area contributed by atoms with Crippen molar-refractivity contribution in [3.63, 3.8) is 0 Å². The molecular formula is C27H37N5O. The summed E-state index contributed by atoms with van der Waals surface area (Å²) in [6.07, 6.45) is 6.94. The van der Waals surface area contributed by atoms with Crippen molar-refractivity contribution in [1.29, 1.82) is 0 Å². The van der Waals surface area contributed by atoms with Gasteiger partial charge in [-0.1, -0.05) is 26.3 Å². The van der Waals surface area contributed by atoms with Gasteiger partial charge in [0.05, 0.1) is 11.7 Å². The number of fused-ring (bicyclic) bond motifs is 2. The maximum Gasteiger partial charge on any atom is 0.244 e. The number of carbonyl (C=O) groups excluding carboxylic acids is 1. The molecule has 3 heterocycles. The van der Waals surface area contributed by atoms with E-state index in [-0.39, 0.29) is 11.9 Å². The van der Waals surface area contributed by atoms with Crippen LogP contribution in [-0.2, 0) is 17.6 Å². The molecule has 0 radical (unpaired) electrons. The highest BCUT2D eigenvalue weighted by atomic mass is 16.2. The topological polar surface area (TPSA) is 68.0 Å². The molecule has 0 bridgehead atoms. The maximum atomic E-state index is 13.4. The standard InChI is InChI=1S/C27H37N5O/c1-5-32(26(33)18(2)31-13-7-6-8-14-31)20-10-9-19-15-23(28-22(19)16-20)25-21-11-12-27(3,4)17-24(21)29-30-25/h9-10,15-16,18,28H,5-8,11-14,17H2,1-4H3,(H,29,30)/t18-/m0/s1. The van der Waals surface area contributed by atoms with Crippen molar-refractivity contribution in [2.24, 2.45) is 5.41 Å². The molecule has 6 nitrogen and oxygen atoms in total. The number of carbonyl (C=O) groups is 1. The molecule has 0 unspecified atom stereocenters. The quantitative estimate of drug-likeness (QED) is 0.558. The maximum absolute atomic E-state index is 13.4. The summed E-state index contributed by atoms with van der Waals surface area (Å²) in [5, 5.41) is 9.12. The largest absolute Gasteiger partial charge is 0.353 e. The first-order valence-corrected chi connectivity index (χ1v) is 12.6. The first kappa shape index (κ1) is 22.2. The Morgan fingerprint density at radius 2 is 2.00 bits per heavy atom. The molecule has 3 aromatic rings. The van der Waals surface area contributed by atoms with Gasteiger partial charge in [0.1, 0.15) is 5.69 Å². The molecule has 5 rings (SSSR count). The summed E-state index contributed by atoms with van der Waals surface area (Å²) in [6.45, 7) is 11.5. The number of nitrogens with one attached hydrogen (secondary N) is 2. The van der Waals surface area contributed by atoms with E-state index in [0.29, 0.717) is 12.0 Å². The third-order valence-electron chi connectivity index (χ3n) is 7.71. The van der Waals surface area contributed by atoms with E-state index in [9.17, 15) is 4.79 Å². The van der Waals surface area contributed by atoms with Gasteiger partial charge in [0.25, 0.3) is 0 Å². The Balaban J connectivity index is 1.41. The second kappa shape index (κ2) is 8.64. The monoisotopic (exact) mass is 447 g/mol. The van der Waals surface area contributed by atoms with E-state index in [1.807, 2.05) is 4.90 Å². The zero-order valence-corrected chi connectivity index (χ0v) is 20.5. The Bertz CT molecular complexity index is 1150. The molecule has 1 saturated heterocycles. The fourth-order valence-electron chi connectivity index (χ4n) is 5.63. The van der Waals surface area contributed by atoms with E-state index in [4.69, 9.17) is 0 Å². The lowest BCUT2D eigenvalue weighted by Crippen LogP contribution is -2.49. The number of benzene rings is 1. The summed E-state index contributed by atoms with van der Waals surface area (Å²) < 4.78 is 0. The predicted molar refractivity (Wildman–Crippen MR) is 135 cm³/mol. The van der Waals surface area contributed by atoms with Crippen molar-refractivity contribution >= 4 is 22.5 Å². The smallest absolute Gasteiger partial charge is 0.244 e. The van der Waals surface area contributed by atoms with Crippen LogP contribution in [0.2, 0.25) is 0 Å². The molecule has 2 aliphatic rings. The van der Waals surface area contributed by atoms with Crippen LogP contribution >= 0.6 is 0 Å². The first-order valence-electron chi connectivity index (χ1n) is 12.6. The summed E-state index contributed by atoms with van der Waals surface area (Å²) >= 11 is 0. The lowest BCUT2D eigenvalue weighted by molar-refractivity contribution is -0.123. The molecule has 6 heteroatoms. The van der Waals surface area contributed by atoms with Gasteiger partial charge >= 0.3 is 0 Å². The van der Waals surface area contributed by atoms with Gasteiger partial charge in [-0.05, 0) is 82.7 Å². The SMILES string of the molecule is CCN(C(=O)[C@H](C)N1CCCCC1)c1ccc2cc(-c3n[nH]c4c3CCC(C)(C)C4)[nH]c2c1. The number of amides is 1. The van der Waals surface area contributed by atoms with Gasteiger partial charge < -0.3 is 9.88 Å². The number of hydrogen-bond acceptors (Lipinski definition) is 3. The van der Waals surface area contributed by atoms with E-state index in [1.54, 1.807) is 0 Å². The van der Waals surface area contributed by atoms with Crippen molar-refractivity contribution < 1.29 is 4.79 Å². The number of likely N-dealkylation sites (tertiary alicyclic amines) is 1. The molecule has 2 aromatic heterocycles. The predicted octanol–water partition coefficient (Wildman–Crippen LogP) is 5.30. The molecule has 33 heavy (non-hydrogen) atoms. The zero-order chi connectivity index (χ0) is 23.2. The minimum absolute atomic E-state index is 0.0834. The van der Waals surface area contributed by atoms with Gasteiger partial charge in [-0.3, -0.25) is 14.8 Å². The number of anilines is 1. The number of rotatable bonds is 5. The lowest BCUT2D eigenvalue weighted by atomic mass is 9.76. The Morgan fingerprint density at radius 1 is 1.21 bits per heavy atom. The number of likely N-dealkylation sites (N-methyl/N-ethyl adjacent to an activating group) is 1. The molecule has 2 N–H and O–H groups in total. The van der Waals surface area contributed by atoms with Crippen LogP contribution in [0.1, 0.15) is 64.6 Å². The zero-order valence-electron chi connectivity index (χ0n) is 20.5. The van der Waals surface area contributed by atoms with Crippen LogP contribution in [0.15, 0.2) is 24.3 Å². The van der Waals surface area contributed by atoms with Gasteiger partial charge in [0.15, 0.2) is 0 Å². The normalized spacial score (nSPS) is 19.4. The van der Waals surface area contributed by atoms with E-state index in [0.717, 1.165) is 53.9 Å². The Morgan fingerprint density at radius 3 is 2.76 bits per heavy atom. The number of hydrogen-bond donors (Lipinski definition) is 2. The second-order valence-corrected chi connectivity index (χ2v) is 10.7. The molecule has 1 atom stereocenters. The third-order valence-corrected chi connectivity index (χ3v) is 7.71. The molecular weight excluding hydrogens is 410 g/mol. The summed E-state index contributed by atoms with van der Waals surface area (Å²) in [6, 6.07) is 8.41. The molecule has 1 amide bonds. The average Bonchev–Trinajstić information content (AvgIpc) is 3.41. The highest BCUT2D eigenvalue weighted by molar-refractivity contribution is 5.99. The van der Waals surface area contributed by atoms with Gasteiger partial charge in [0.2, 0.25) is 5.91 Å². The van der Waals surface area contributed by atoms with Crippen LogP contribution in [0, 0.1) is 5.41 Å². The number of nitrogens with zero attached hydrogens (tertiary/aromatic N) is 3. The molecule has 0 saturated carbocycles. The summed E-state index contributed by atoms with van der Waals surface area (Å²) in [5.41, 5.74) is 7.05. The fraction of sp³-hybridized carbons (Fsp3) is 0.556. The Hall–Kier alpha value is -2.60. The highest BCUT2D eigenvalue weighted by Crippen LogP contribution is 2.38. The van der Waals surface area contributed by atoms with E-state index < -0.39 is 0 Å². The number of H-pyrrole nitrogens is 2. The van der Waals surface area contributed by atoms with Gasteiger partial charge in [-0.15, -0.1) is 0 Å². The van der Waals surface area contributed by atoms with E-state index in [1.165, 1.54) is 36.9 Å². The van der Waals surface area contributed by atoms with Crippen molar-refractivity contribution in [3.8, 4) is 11.4 Å². The van der Waals surface area contributed by atoms with Crippen LogP contribution in [0.25, 0.3) is 22.3 Å². The third kappa shape index (κ3) is 4.21. The van der Waals surface area contributed by atoms with Gasteiger partial charge in [-0.25, -0.2) is 0 Å². The molecule has 1 aliphatic carbocycles. The molecule has 1 fully saturated rings. The van der Waals surface area contributed by atoms with Crippen LogP contribution < -0.4 is 4.90 Å². The van der Waals surface area contributed by atoms with Crippen LogP contribution in [0.5, 0.6) is 0 Å². The molecule has 0 spiro atoms. The summed E-state index contributed by atoms with van der Waals surface area (Å²) in [4.78, 5) is 21.2. The first-order chi connectivity index (χ1) is 15.9. The molecule has 1 aromatic carbocycles. The van der Waals surface area contributed by atoms with Gasteiger partial charge in [-0.2, -0.15) is 5.10 Å². The van der Waals surface area contributed by atoms with Crippen molar-refractivity contribution in [2.45, 2.75) is 72.3 Å². The summed E-state index contributed by atoms with van der Waals surface area (Å²) in [7, 11) is 0. The Kier molecular flexibility index (Phi) is 5.81. The molecule has 1 aliphatic heterocycles. The number of piperidine rings is 1. The minimum atomic E-state index is -0.0834. The van der Waals surface area contributed by atoms with Crippen molar-refractivity contribution in [3.05, 3.63) is 35.5 Å². The highest BCUT2D eigenvalue weighted by Gasteiger charge is 2.30. The average molecular weight is 448 g/mol. The lowest BCUT2D eigenvalue weighted by Gasteiger charge is -2.34. The Labute approximate surface area is 196 Å². The fourth-order valence-corrected chi connectivity index (χ4v) is 5.63. The van der Waals surface area contributed by atoms with Crippen LogP contribution in [0.3, 0.4) is 0 Å². The van der Waals surface area contributed by atoms with Crippen LogP contribution in [0.4, 0.5) is 5.69 Å². The number of aromatic nitrogens is 3. The van der Waals surface area contributed by atoms with Crippen molar-refractivity contribution in [2.75, 3.05) is 24.5 Å². The van der Waals surface area contributed by atoms with Crippen molar-refractivity contribution in [1.82, 2.24) is 20.1 Å². The summed E-state index contributed by atoms with van der Waals surface area (Å²) in [5.74, 6) is 0.189. The van der Waals surface area contributed by atoms with E-state index in [2.05, 4.69) is 72.0 Å². The van der Waals surface area contributed by atoms with Gasteiger partial charge in [0, 0.05) is 34.4 Å². The second-order valence-electron chi connectivity index (χ2n) is 10.7. The number of aromatic amines is 2. The van der Waals surface area contributed by atoms with Crippen LogP contribution in [-0.4, -0.2) is 51.7 Å². The van der Waals surface area contributed by atoms with E-state index >= 15 is 0 Å². The molecule has 176 valence electrons.